The summed E-state index contributed by atoms with van der Waals surface area (Å²) in [6.45, 7) is 13.4. The van der Waals surface area contributed by atoms with Gasteiger partial charge in [-0.1, -0.05) is 58.6 Å². The molecular weight excluding hydrogens is 258 g/mol. The Hall–Kier alpha value is -1.55. The van der Waals surface area contributed by atoms with E-state index in [4.69, 9.17) is 0 Å². The molecule has 3 nitrogen and oxygen atoms in total. The normalized spacial score (nSPS) is 16.2. The van der Waals surface area contributed by atoms with Gasteiger partial charge in [-0.05, 0) is 18.6 Å². The highest BCUT2D eigenvalue weighted by Crippen LogP contribution is 2.39. The largest absolute Gasteiger partial charge is 0.279 e. The van der Waals surface area contributed by atoms with E-state index in [1.165, 1.54) is 0 Å². The van der Waals surface area contributed by atoms with E-state index in [0.29, 0.717) is 10.6 Å². The number of rotatable bonds is 1. The van der Waals surface area contributed by atoms with Crippen LogP contribution in [0.2, 0.25) is 0 Å². The van der Waals surface area contributed by atoms with Crippen molar-refractivity contribution < 1.29 is 8.42 Å². The molecule has 0 amide bonds. The highest BCUT2D eigenvalue weighted by molar-refractivity contribution is 8.02. The Kier molecular flexibility index (Phi) is 7.16. The van der Waals surface area contributed by atoms with Crippen molar-refractivity contribution in [3.63, 3.8) is 0 Å². The van der Waals surface area contributed by atoms with Crippen molar-refractivity contribution in [2.24, 2.45) is 0 Å². The molecule has 0 saturated carbocycles. The minimum Gasteiger partial charge on any atom is -0.279 e. The first-order valence-electron chi connectivity index (χ1n) is 6.55. The van der Waals surface area contributed by atoms with E-state index in [0.717, 1.165) is 11.1 Å². The van der Waals surface area contributed by atoms with E-state index < -0.39 is 10.0 Å². The average Bonchev–Trinajstić information content (AvgIpc) is 2.72. The molecule has 1 heterocycles. The van der Waals surface area contributed by atoms with E-state index in [1.807, 2.05) is 33.8 Å². The number of hydrogen-bond acceptors (Lipinski definition) is 2. The molecule has 0 fully saturated rings. The Morgan fingerprint density at radius 3 is 2.21 bits per heavy atom. The summed E-state index contributed by atoms with van der Waals surface area (Å²) in [5.41, 5.74) is 2.17. The van der Waals surface area contributed by atoms with Crippen LogP contribution in [0.4, 0.5) is 5.69 Å². The first-order chi connectivity index (χ1) is 9.10. The van der Waals surface area contributed by atoms with E-state index in [2.05, 4.69) is 11.3 Å². The van der Waals surface area contributed by atoms with Crippen LogP contribution in [-0.4, -0.2) is 8.42 Å². The van der Waals surface area contributed by atoms with Crippen LogP contribution in [0.25, 0.3) is 11.0 Å². The minimum atomic E-state index is -3.37. The molecule has 1 N–H and O–H groups in total. The van der Waals surface area contributed by atoms with E-state index in [9.17, 15) is 8.42 Å². The number of nitrogens with one attached hydrogen (secondary N) is 1. The first-order valence-corrected chi connectivity index (χ1v) is 8.03. The number of anilines is 1. The maximum absolute atomic E-state index is 11.7. The van der Waals surface area contributed by atoms with Crippen LogP contribution in [0.15, 0.2) is 30.9 Å². The third-order valence-corrected chi connectivity index (χ3v) is 3.87. The molecule has 1 aromatic carbocycles. The monoisotopic (exact) mass is 281 g/mol. The Balaban J connectivity index is 0.000000741. The van der Waals surface area contributed by atoms with E-state index in [-0.39, 0.29) is 0 Å². The van der Waals surface area contributed by atoms with Crippen LogP contribution in [0, 0.1) is 0 Å². The van der Waals surface area contributed by atoms with Crippen molar-refractivity contribution in [3.05, 3.63) is 42.0 Å². The molecule has 2 rings (SSSR count). The number of hydrogen-bond donors (Lipinski definition) is 1. The highest BCUT2D eigenvalue weighted by Gasteiger charge is 2.30. The number of benzene rings is 1. The molecule has 0 radical (unpaired) electrons. The van der Waals surface area contributed by atoms with Gasteiger partial charge in [0.15, 0.2) is 0 Å². The fourth-order valence-electron chi connectivity index (χ4n) is 1.73. The molecular formula is C15H23NO2S. The fraction of sp³-hybridized carbons (Fsp3) is 0.333. The van der Waals surface area contributed by atoms with Gasteiger partial charge in [-0.3, -0.25) is 4.72 Å². The first kappa shape index (κ1) is 17.4. The Labute approximate surface area is 117 Å². The summed E-state index contributed by atoms with van der Waals surface area (Å²) in [4.78, 5) is 0.327. The molecule has 0 unspecified atom stereocenters. The van der Waals surface area contributed by atoms with Crippen LogP contribution >= 0.6 is 0 Å². The summed E-state index contributed by atoms with van der Waals surface area (Å²) in [6, 6.07) is 5.39. The molecule has 19 heavy (non-hydrogen) atoms. The zero-order valence-electron chi connectivity index (χ0n) is 12.3. The topological polar surface area (TPSA) is 46.2 Å². The van der Waals surface area contributed by atoms with Gasteiger partial charge in [-0.25, -0.2) is 8.42 Å². The summed E-state index contributed by atoms with van der Waals surface area (Å²) in [5, 5.41) is 0. The number of fused-ring (bicyclic) bond motifs is 1. The molecule has 4 heteroatoms. The van der Waals surface area contributed by atoms with Crippen LogP contribution in [-0.2, 0) is 10.0 Å². The Morgan fingerprint density at radius 2 is 1.74 bits per heavy atom. The minimum absolute atomic E-state index is 0.327. The second kappa shape index (κ2) is 7.79. The molecule has 1 aliphatic rings. The lowest BCUT2D eigenvalue weighted by atomic mass is 10.1. The molecule has 0 saturated heterocycles. The highest BCUT2D eigenvalue weighted by atomic mass is 32.2. The van der Waals surface area contributed by atoms with Crippen molar-refractivity contribution >= 4 is 26.7 Å². The van der Waals surface area contributed by atoms with E-state index >= 15 is 0 Å². The van der Waals surface area contributed by atoms with Gasteiger partial charge >= 0.3 is 0 Å². The number of allylic oxidation sites excluding steroid dienone is 1. The van der Waals surface area contributed by atoms with Gasteiger partial charge in [0.05, 0.1) is 10.6 Å². The average molecular weight is 281 g/mol. The molecule has 0 aliphatic carbocycles. The van der Waals surface area contributed by atoms with Gasteiger partial charge in [0.2, 0.25) is 0 Å². The van der Waals surface area contributed by atoms with E-state index in [1.54, 1.807) is 31.2 Å². The molecule has 0 bridgehead atoms. The van der Waals surface area contributed by atoms with Gasteiger partial charge in [0, 0.05) is 5.56 Å². The van der Waals surface area contributed by atoms with Crippen molar-refractivity contribution in [1.29, 1.82) is 0 Å². The SMILES string of the molecule is C=Cc1cccc2c1/C(=C\C)S(=O)(=O)N2.CC.CC. The molecule has 0 spiro atoms. The maximum atomic E-state index is 11.7. The summed E-state index contributed by atoms with van der Waals surface area (Å²) >= 11 is 0. The Bertz CT molecular complexity index is 558. The third kappa shape index (κ3) is 3.47. The van der Waals surface area contributed by atoms with Crippen LogP contribution < -0.4 is 4.72 Å². The molecule has 0 aromatic heterocycles. The van der Waals surface area contributed by atoms with Gasteiger partial charge in [0.25, 0.3) is 10.0 Å². The fourth-order valence-corrected chi connectivity index (χ4v) is 3.11. The smallest absolute Gasteiger partial charge is 0.262 e. The Morgan fingerprint density at radius 1 is 1.16 bits per heavy atom. The third-order valence-electron chi connectivity index (χ3n) is 2.36. The van der Waals surface area contributed by atoms with Crippen molar-refractivity contribution in [1.82, 2.24) is 0 Å². The van der Waals surface area contributed by atoms with Crippen molar-refractivity contribution in [3.8, 4) is 0 Å². The molecule has 1 aromatic rings. The van der Waals surface area contributed by atoms with Crippen molar-refractivity contribution in [2.45, 2.75) is 34.6 Å². The van der Waals surface area contributed by atoms with Crippen LogP contribution in [0.5, 0.6) is 0 Å². The predicted octanol–water partition coefficient (Wildman–Crippen LogP) is 4.50. The quantitative estimate of drug-likeness (QED) is 0.824. The molecule has 1 aliphatic heterocycles. The van der Waals surface area contributed by atoms with Gasteiger partial charge in [-0.2, -0.15) is 0 Å². The lowest BCUT2D eigenvalue weighted by Gasteiger charge is -2.01. The number of sulfonamides is 1. The summed E-state index contributed by atoms with van der Waals surface area (Å²) < 4.78 is 25.9. The van der Waals surface area contributed by atoms with Gasteiger partial charge in [0.1, 0.15) is 0 Å². The molecule has 0 atom stereocenters. The van der Waals surface area contributed by atoms with Crippen LogP contribution in [0.3, 0.4) is 0 Å². The van der Waals surface area contributed by atoms with Gasteiger partial charge in [-0.15, -0.1) is 0 Å². The summed E-state index contributed by atoms with van der Waals surface area (Å²) in [5.74, 6) is 0. The lowest BCUT2D eigenvalue weighted by molar-refractivity contribution is 0.611. The maximum Gasteiger partial charge on any atom is 0.262 e. The van der Waals surface area contributed by atoms with Crippen molar-refractivity contribution in [2.75, 3.05) is 4.72 Å². The standard InChI is InChI=1S/C11H11NO2S.2C2H6/c1-3-8-6-5-7-9-11(8)10(4-2)15(13,14)12-9;2*1-2/h3-7,12H,1H2,2H3;2*1-2H3/b10-4+;;. The second-order valence-corrected chi connectivity index (χ2v) is 4.88. The zero-order chi connectivity index (χ0) is 15.1. The molecule has 106 valence electrons. The zero-order valence-corrected chi connectivity index (χ0v) is 13.1. The lowest BCUT2D eigenvalue weighted by Crippen LogP contribution is -2.04. The summed E-state index contributed by atoms with van der Waals surface area (Å²) in [7, 11) is -3.37. The van der Waals surface area contributed by atoms with Gasteiger partial charge < -0.3 is 0 Å². The second-order valence-electron chi connectivity index (χ2n) is 3.23. The summed E-state index contributed by atoms with van der Waals surface area (Å²) in [6.07, 6.45) is 3.26. The van der Waals surface area contributed by atoms with Crippen LogP contribution in [0.1, 0.15) is 45.7 Å². The predicted molar refractivity (Wildman–Crippen MR) is 85.4 cm³/mol.